The summed E-state index contributed by atoms with van der Waals surface area (Å²) in [5, 5.41) is 6.23. The second-order valence-electron chi connectivity index (χ2n) is 4.73. The Balaban J connectivity index is 1.93. The first-order chi connectivity index (χ1) is 10.2. The average Bonchev–Trinajstić information content (AvgIpc) is 2.53. The summed E-state index contributed by atoms with van der Waals surface area (Å²) in [6.07, 6.45) is 0.855. The summed E-state index contributed by atoms with van der Waals surface area (Å²) in [4.78, 5) is 16.4. The number of halogens is 1. The molecule has 0 bridgehead atoms. The molecular weight excluding hydrogens is 294 g/mol. The topological polar surface area (TPSA) is 72.5 Å². The van der Waals surface area contributed by atoms with Gasteiger partial charge in [-0.15, -0.1) is 0 Å². The standard InChI is InChI=1S/C14H20ClN3O3/c1-2-5-16-12-4-3-11(15)13(18-12)14(19)17-8-10-9-20-6-7-21-10/h3-4,10H,2,5-9H2,1H3,(H,16,18)(H,17,19). The van der Waals surface area contributed by atoms with E-state index in [-0.39, 0.29) is 17.7 Å². The van der Waals surface area contributed by atoms with Crippen molar-refractivity contribution >= 4 is 23.3 Å². The molecule has 2 rings (SSSR count). The number of anilines is 1. The Bertz CT molecular complexity index is 479. The van der Waals surface area contributed by atoms with Crippen LogP contribution in [0, 0.1) is 0 Å². The number of carbonyl (C=O) groups excluding carboxylic acids is 1. The lowest BCUT2D eigenvalue weighted by Crippen LogP contribution is -2.40. The van der Waals surface area contributed by atoms with Crippen LogP contribution in [-0.2, 0) is 9.47 Å². The summed E-state index contributed by atoms with van der Waals surface area (Å²) in [6.45, 7) is 4.87. The zero-order chi connectivity index (χ0) is 15.1. The van der Waals surface area contributed by atoms with Gasteiger partial charge >= 0.3 is 0 Å². The molecule has 2 N–H and O–H groups in total. The van der Waals surface area contributed by atoms with Crippen LogP contribution in [0.25, 0.3) is 0 Å². The molecule has 1 aromatic heterocycles. The second kappa shape index (κ2) is 8.17. The second-order valence-corrected chi connectivity index (χ2v) is 5.14. The van der Waals surface area contributed by atoms with Gasteiger partial charge in [0, 0.05) is 13.1 Å². The number of aromatic nitrogens is 1. The van der Waals surface area contributed by atoms with E-state index >= 15 is 0 Å². The molecule has 7 heteroatoms. The lowest BCUT2D eigenvalue weighted by Gasteiger charge is -2.23. The molecule has 0 aliphatic carbocycles. The maximum Gasteiger partial charge on any atom is 0.271 e. The van der Waals surface area contributed by atoms with Crippen LogP contribution in [0.1, 0.15) is 23.8 Å². The van der Waals surface area contributed by atoms with Gasteiger partial charge in [0.05, 0.1) is 30.9 Å². The Morgan fingerprint density at radius 2 is 2.33 bits per heavy atom. The van der Waals surface area contributed by atoms with Crippen molar-refractivity contribution < 1.29 is 14.3 Å². The van der Waals surface area contributed by atoms with Gasteiger partial charge in [-0.1, -0.05) is 18.5 Å². The molecule has 0 aromatic carbocycles. The summed E-state index contributed by atoms with van der Waals surface area (Å²) in [5.74, 6) is 0.331. The van der Waals surface area contributed by atoms with Gasteiger partial charge in [0.25, 0.3) is 5.91 Å². The van der Waals surface area contributed by atoms with Gasteiger partial charge in [-0.25, -0.2) is 4.98 Å². The van der Waals surface area contributed by atoms with Crippen molar-refractivity contribution in [3.63, 3.8) is 0 Å². The van der Waals surface area contributed by atoms with Gasteiger partial charge in [0.2, 0.25) is 0 Å². The van der Waals surface area contributed by atoms with E-state index < -0.39 is 0 Å². The van der Waals surface area contributed by atoms with Gasteiger partial charge in [0.1, 0.15) is 11.5 Å². The summed E-state index contributed by atoms with van der Waals surface area (Å²) in [6, 6.07) is 3.43. The third kappa shape index (κ3) is 4.84. The molecule has 6 nitrogen and oxygen atoms in total. The highest BCUT2D eigenvalue weighted by molar-refractivity contribution is 6.33. The van der Waals surface area contributed by atoms with Crippen LogP contribution in [0.4, 0.5) is 5.82 Å². The molecule has 2 heterocycles. The first-order valence-corrected chi connectivity index (χ1v) is 7.46. The molecule has 1 atom stereocenters. The Kier molecular flexibility index (Phi) is 6.22. The number of pyridine rings is 1. The van der Waals surface area contributed by atoms with E-state index in [1.165, 1.54) is 0 Å². The Hall–Kier alpha value is -1.37. The van der Waals surface area contributed by atoms with Gasteiger partial charge in [-0.3, -0.25) is 4.79 Å². The summed E-state index contributed by atoms with van der Waals surface area (Å²) < 4.78 is 10.7. The molecule has 21 heavy (non-hydrogen) atoms. The van der Waals surface area contributed by atoms with E-state index in [9.17, 15) is 4.79 Å². The normalized spacial score (nSPS) is 18.3. The molecule has 1 aliphatic rings. The summed E-state index contributed by atoms with van der Waals surface area (Å²) >= 11 is 6.04. The highest BCUT2D eigenvalue weighted by Gasteiger charge is 2.18. The fraction of sp³-hybridized carbons (Fsp3) is 0.571. The van der Waals surface area contributed by atoms with Crippen LogP contribution in [0.15, 0.2) is 12.1 Å². The van der Waals surface area contributed by atoms with Crippen molar-refractivity contribution in [1.29, 1.82) is 0 Å². The maximum atomic E-state index is 12.2. The van der Waals surface area contributed by atoms with E-state index in [0.717, 1.165) is 13.0 Å². The molecule has 1 aromatic rings. The Labute approximate surface area is 129 Å². The SMILES string of the molecule is CCCNc1ccc(Cl)c(C(=O)NCC2COCCO2)n1. The van der Waals surface area contributed by atoms with Crippen molar-refractivity contribution in [2.24, 2.45) is 0 Å². The Morgan fingerprint density at radius 3 is 3.05 bits per heavy atom. The predicted octanol–water partition coefficient (Wildman–Crippen LogP) is 1.70. The highest BCUT2D eigenvalue weighted by atomic mass is 35.5. The summed E-state index contributed by atoms with van der Waals surface area (Å²) in [5.41, 5.74) is 0.217. The van der Waals surface area contributed by atoms with Crippen molar-refractivity contribution in [3.05, 3.63) is 22.8 Å². The van der Waals surface area contributed by atoms with Crippen LogP contribution < -0.4 is 10.6 Å². The van der Waals surface area contributed by atoms with E-state index in [0.29, 0.717) is 37.2 Å². The Morgan fingerprint density at radius 1 is 1.48 bits per heavy atom. The van der Waals surface area contributed by atoms with Crippen molar-refractivity contribution in [2.45, 2.75) is 19.4 Å². The molecule has 1 fully saturated rings. The number of hydrogen-bond acceptors (Lipinski definition) is 5. The molecule has 0 saturated carbocycles. The zero-order valence-electron chi connectivity index (χ0n) is 12.0. The number of hydrogen-bond donors (Lipinski definition) is 2. The van der Waals surface area contributed by atoms with Crippen LogP contribution in [0.2, 0.25) is 5.02 Å². The van der Waals surface area contributed by atoms with E-state index in [1.54, 1.807) is 12.1 Å². The van der Waals surface area contributed by atoms with E-state index in [4.69, 9.17) is 21.1 Å². The minimum absolute atomic E-state index is 0.122. The number of nitrogens with one attached hydrogen (secondary N) is 2. The highest BCUT2D eigenvalue weighted by Crippen LogP contribution is 2.16. The van der Waals surface area contributed by atoms with E-state index in [1.807, 2.05) is 0 Å². The number of ether oxygens (including phenoxy) is 2. The lowest BCUT2D eigenvalue weighted by molar-refractivity contribution is -0.0855. The van der Waals surface area contributed by atoms with Crippen LogP contribution in [-0.4, -0.2) is 49.9 Å². The number of carbonyl (C=O) groups is 1. The van der Waals surface area contributed by atoms with Crippen molar-refractivity contribution in [3.8, 4) is 0 Å². The predicted molar refractivity (Wildman–Crippen MR) is 80.9 cm³/mol. The van der Waals surface area contributed by atoms with Gasteiger partial charge in [0.15, 0.2) is 0 Å². The molecule has 0 radical (unpaired) electrons. The largest absolute Gasteiger partial charge is 0.376 e. The molecule has 0 spiro atoms. The molecule has 1 saturated heterocycles. The monoisotopic (exact) mass is 313 g/mol. The molecule has 1 unspecified atom stereocenters. The van der Waals surface area contributed by atoms with Gasteiger partial charge in [-0.05, 0) is 18.6 Å². The fourth-order valence-electron chi connectivity index (χ4n) is 1.90. The smallest absolute Gasteiger partial charge is 0.271 e. The molecule has 116 valence electrons. The molecule has 1 amide bonds. The van der Waals surface area contributed by atoms with Gasteiger partial charge < -0.3 is 20.1 Å². The lowest BCUT2D eigenvalue weighted by atomic mass is 10.3. The first-order valence-electron chi connectivity index (χ1n) is 7.08. The van der Waals surface area contributed by atoms with Crippen molar-refractivity contribution in [2.75, 3.05) is 38.2 Å². The van der Waals surface area contributed by atoms with E-state index in [2.05, 4.69) is 22.5 Å². The summed E-state index contributed by atoms with van der Waals surface area (Å²) in [7, 11) is 0. The van der Waals surface area contributed by atoms with Crippen LogP contribution in [0.3, 0.4) is 0 Å². The molecule has 1 aliphatic heterocycles. The third-order valence-corrected chi connectivity index (χ3v) is 3.30. The molecular formula is C14H20ClN3O3. The average molecular weight is 314 g/mol. The zero-order valence-corrected chi connectivity index (χ0v) is 12.8. The van der Waals surface area contributed by atoms with Crippen LogP contribution in [0.5, 0.6) is 0 Å². The first kappa shape index (κ1) is 16.0. The quantitative estimate of drug-likeness (QED) is 0.836. The number of rotatable bonds is 6. The number of amides is 1. The maximum absolute atomic E-state index is 12.2. The minimum atomic E-state index is -0.311. The third-order valence-electron chi connectivity index (χ3n) is 2.99. The fourth-order valence-corrected chi connectivity index (χ4v) is 2.09. The van der Waals surface area contributed by atoms with Crippen molar-refractivity contribution in [1.82, 2.24) is 10.3 Å². The van der Waals surface area contributed by atoms with Gasteiger partial charge in [-0.2, -0.15) is 0 Å². The van der Waals surface area contributed by atoms with Crippen LogP contribution >= 0.6 is 11.6 Å². The number of nitrogens with zero attached hydrogens (tertiary/aromatic N) is 1. The minimum Gasteiger partial charge on any atom is -0.376 e.